The number of hydrogen-bond donors (Lipinski definition) is 3. The SMILES string of the molecule is CCNC(=NCC1CC(=O)Nc2ccccc21)NCCCCN(C)C(C)C. The minimum atomic E-state index is 0.0705. The molecule has 1 aliphatic heterocycles. The molecule has 1 atom stereocenters. The van der Waals surface area contributed by atoms with Gasteiger partial charge in [0.05, 0.1) is 6.54 Å². The molecule has 150 valence electrons. The van der Waals surface area contributed by atoms with Gasteiger partial charge < -0.3 is 20.9 Å². The summed E-state index contributed by atoms with van der Waals surface area (Å²) in [5.74, 6) is 1.03. The molecule has 6 heteroatoms. The predicted octanol–water partition coefficient (Wildman–Crippen LogP) is 2.79. The van der Waals surface area contributed by atoms with Gasteiger partial charge in [-0.25, -0.2) is 0 Å². The molecule has 0 radical (unpaired) electrons. The minimum Gasteiger partial charge on any atom is -0.357 e. The summed E-state index contributed by atoms with van der Waals surface area (Å²) in [5.41, 5.74) is 2.09. The van der Waals surface area contributed by atoms with Gasteiger partial charge in [-0.1, -0.05) is 18.2 Å². The van der Waals surface area contributed by atoms with Crippen LogP contribution in [0.15, 0.2) is 29.3 Å². The summed E-state index contributed by atoms with van der Waals surface area (Å²) in [6, 6.07) is 8.60. The summed E-state index contributed by atoms with van der Waals surface area (Å²) < 4.78 is 0. The maximum absolute atomic E-state index is 12.0. The molecule has 1 aromatic carbocycles. The lowest BCUT2D eigenvalue weighted by Crippen LogP contribution is -2.38. The first kappa shape index (κ1) is 21.2. The van der Waals surface area contributed by atoms with Gasteiger partial charge in [-0.05, 0) is 58.8 Å². The van der Waals surface area contributed by atoms with Crippen molar-refractivity contribution in [1.82, 2.24) is 15.5 Å². The fourth-order valence-corrected chi connectivity index (χ4v) is 3.16. The Balaban J connectivity index is 1.85. The van der Waals surface area contributed by atoms with E-state index in [-0.39, 0.29) is 11.8 Å². The largest absolute Gasteiger partial charge is 0.357 e. The van der Waals surface area contributed by atoms with Crippen LogP contribution < -0.4 is 16.0 Å². The van der Waals surface area contributed by atoms with Crippen LogP contribution in [-0.2, 0) is 4.79 Å². The molecule has 27 heavy (non-hydrogen) atoms. The van der Waals surface area contributed by atoms with E-state index in [1.807, 2.05) is 18.2 Å². The molecule has 1 unspecified atom stereocenters. The van der Waals surface area contributed by atoms with Crippen LogP contribution >= 0.6 is 0 Å². The third kappa shape index (κ3) is 6.86. The molecule has 2 rings (SSSR count). The Kier molecular flexibility index (Phi) is 8.58. The molecule has 0 saturated heterocycles. The lowest BCUT2D eigenvalue weighted by atomic mass is 9.91. The second-order valence-electron chi connectivity index (χ2n) is 7.46. The zero-order valence-electron chi connectivity index (χ0n) is 17.2. The van der Waals surface area contributed by atoms with Crippen molar-refractivity contribution in [2.75, 3.05) is 38.5 Å². The van der Waals surface area contributed by atoms with Crippen molar-refractivity contribution < 1.29 is 4.79 Å². The van der Waals surface area contributed by atoms with E-state index in [0.717, 1.165) is 44.1 Å². The number of benzene rings is 1. The molecule has 1 amide bonds. The Labute approximate surface area is 163 Å². The normalized spacial score (nSPS) is 17.0. The van der Waals surface area contributed by atoms with Crippen molar-refractivity contribution in [3.05, 3.63) is 29.8 Å². The third-order valence-electron chi connectivity index (χ3n) is 5.03. The van der Waals surface area contributed by atoms with Gasteiger partial charge in [0, 0.05) is 37.2 Å². The number of fused-ring (bicyclic) bond motifs is 1. The van der Waals surface area contributed by atoms with E-state index in [2.05, 4.69) is 54.7 Å². The maximum Gasteiger partial charge on any atom is 0.225 e. The molecular formula is C21H35N5O. The molecule has 1 aromatic rings. The molecule has 0 fully saturated rings. The number of rotatable bonds is 9. The Morgan fingerprint density at radius 2 is 2.07 bits per heavy atom. The average molecular weight is 374 g/mol. The van der Waals surface area contributed by atoms with Crippen LogP contribution in [0.3, 0.4) is 0 Å². The quantitative estimate of drug-likeness (QED) is 0.354. The number of nitrogens with one attached hydrogen (secondary N) is 3. The highest BCUT2D eigenvalue weighted by atomic mass is 16.1. The summed E-state index contributed by atoms with van der Waals surface area (Å²) in [6.45, 7) is 9.95. The predicted molar refractivity (Wildman–Crippen MR) is 113 cm³/mol. The summed E-state index contributed by atoms with van der Waals surface area (Å²) in [5, 5.41) is 9.67. The smallest absolute Gasteiger partial charge is 0.225 e. The van der Waals surface area contributed by atoms with E-state index < -0.39 is 0 Å². The van der Waals surface area contributed by atoms with Crippen LogP contribution in [0.4, 0.5) is 5.69 Å². The molecule has 1 aliphatic rings. The number of unbranched alkanes of at least 4 members (excludes halogenated alkanes) is 1. The number of carbonyl (C=O) groups excluding carboxylic acids is 1. The van der Waals surface area contributed by atoms with Crippen molar-refractivity contribution in [2.24, 2.45) is 4.99 Å². The van der Waals surface area contributed by atoms with E-state index >= 15 is 0 Å². The zero-order chi connectivity index (χ0) is 19.6. The first-order valence-corrected chi connectivity index (χ1v) is 10.1. The highest BCUT2D eigenvalue weighted by Gasteiger charge is 2.24. The zero-order valence-corrected chi connectivity index (χ0v) is 17.2. The molecule has 0 saturated carbocycles. The summed E-state index contributed by atoms with van der Waals surface area (Å²) >= 11 is 0. The second-order valence-corrected chi connectivity index (χ2v) is 7.46. The molecule has 3 N–H and O–H groups in total. The van der Waals surface area contributed by atoms with Crippen LogP contribution in [-0.4, -0.2) is 56.0 Å². The highest BCUT2D eigenvalue weighted by Crippen LogP contribution is 2.31. The number of hydrogen-bond acceptors (Lipinski definition) is 3. The number of nitrogens with zero attached hydrogens (tertiary/aromatic N) is 2. The van der Waals surface area contributed by atoms with Crippen LogP contribution in [0.2, 0.25) is 0 Å². The molecule has 0 aliphatic carbocycles. The molecule has 1 heterocycles. The highest BCUT2D eigenvalue weighted by molar-refractivity contribution is 5.94. The van der Waals surface area contributed by atoms with E-state index in [0.29, 0.717) is 19.0 Å². The number of guanidine groups is 1. The van der Waals surface area contributed by atoms with Gasteiger partial charge in [0.15, 0.2) is 5.96 Å². The average Bonchev–Trinajstić information content (AvgIpc) is 2.65. The summed E-state index contributed by atoms with van der Waals surface area (Å²) in [7, 11) is 2.17. The van der Waals surface area contributed by atoms with Crippen molar-refractivity contribution in [2.45, 2.75) is 52.0 Å². The number of anilines is 1. The van der Waals surface area contributed by atoms with Crippen LogP contribution in [0.1, 0.15) is 51.5 Å². The van der Waals surface area contributed by atoms with Crippen LogP contribution in [0.25, 0.3) is 0 Å². The second kappa shape index (κ2) is 10.9. The molecular weight excluding hydrogens is 338 g/mol. The fraction of sp³-hybridized carbons (Fsp3) is 0.619. The summed E-state index contributed by atoms with van der Waals surface area (Å²) in [4.78, 5) is 19.1. The van der Waals surface area contributed by atoms with Gasteiger partial charge in [0.2, 0.25) is 5.91 Å². The fourth-order valence-electron chi connectivity index (χ4n) is 3.16. The molecule has 0 spiro atoms. The van der Waals surface area contributed by atoms with E-state index in [1.165, 1.54) is 5.56 Å². The first-order valence-electron chi connectivity index (χ1n) is 10.1. The van der Waals surface area contributed by atoms with Crippen molar-refractivity contribution >= 4 is 17.6 Å². The minimum absolute atomic E-state index is 0.0705. The van der Waals surface area contributed by atoms with E-state index in [1.54, 1.807) is 0 Å². The maximum atomic E-state index is 12.0. The molecule has 6 nitrogen and oxygen atoms in total. The van der Waals surface area contributed by atoms with Gasteiger partial charge in [0.1, 0.15) is 0 Å². The van der Waals surface area contributed by atoms with E-state index in [4.69, 9.17) is 4.99 Å². The Bertz CT molecular complexity index is 629. The number of para-hydroxylation sites is 1. The standard InChI is InChI=1S/C21H35N5O/c1-5-22-21(23-12-8-9-13-26(4)16(2)3)24-15-17-14-20(27)25-19-11-7-6-10-18(17)19/h6-7,10-11,16-17H,5,8-9,12-15H2,1-4H3,(H,25,27)(H2,22,23,24). The molecule has 0 aromatic heterocycles. The van der Waals surface area contributed by atoms with Gasteiger partial charge in [-0.15, -0.1) is 0 Å². The molecule has 0 bridgehead atoms. The third-order valence-corrected chi connectivity index (χ3v) is 5.03. The Hall–Kier alpha value is -2.08. The van der Waals surface area contributed by atoms with Crippen LogP contribution in [0.5, 0.6) is 0 Å². The van der Waals surface area contributed by atoms with Crippen LogP contribution in [0, 0.1) is 0 Å². The van der Waals surface area contributed by atoms with Crippen molar-refractivity contribution in [1.29, 1.82) is 0 Å². The monoisotopic (exact) mass is 373 g/mol. The van der Waals surface area contributed by atoms with Crippen molar-refractivity contribution in [3.63, 3.8) is 0 Å². The number of carbonyl (C=O) groups is 1. The van der Waals surface area contributed by atoms with Crippen molar-refractivity contribution in [3.8, 4) is 0 Å². The number of aliphatic imine (C=N–C) groups is 1. The Morgan fingerprint density at radius 3 is 2.81 bits per heavy atom. The topological polar surface area (TPSA) is 68.8 Å². The lowest BCUT2D eigenvalue weighted by molar-refractivity contribution is -0.116. The van der Waals surface area contributed by atoms with Gasteiger partial charge in [0.25, 0.3) is 0 Å². The van der Waals surface area contributed by atoms with Gasteiger partial charge in [-0.2, -0.15) is 0 Å². The lowest BCUT2D eigenvalue weighted by Gasteiger charge is -2.24. The van der Waals surface area contributed by atoms with E-state index in [9.17, 15) is 4.79 Å². The summed E-state index contributed by atoms with van der Waals surface area (Å²) in [6.07, 6.45) is 2.76. The first-order chi connectivity index (χ1) is 13.0. The number of amides is 1. The van der Waals surface area contributed by atoms with Gasteiger partial charge in [-0.3, -0.25) is 9.79 Å². The Morgan fingerprint density at radius 1 is 1.30 bits per heavy atom. The van der Waals surface area contributed by atoms with Gasteiger partial charge >= 0.3 is 0 Å².